The van der Waals surface area contributed by atoms with E-state index in [9.17, 15) is 9.59 Å². The van der Waals surface area contributed by atoms with Gasteiger partial charge in [0.25, 0.3) is 0 Å². The van der Waals surface area contributed by atoms with Crippen LogP contribution in [0.25, 0.3) is 10.6 Å². The lowest BCUT2D eigenvalue weighted by Crippen LogP contribution is -2.22. The van der Waals surface area contributed by atoms with E-state index in [1.807, 2.05) is 39.0 Å². The van der Waals surface area contributed by atoms with Crippen LogP contribution in [0.2, 0.25) is 5.02 Å². The van der Waals surface area contributed by atoms with Crippen LogP contribution in [0.15, 0.2) is 18.2 Å². The Morgan fingerprint density at radius 2 is 2.14 bits per heavy atom. The highest BCUT2D eigenvalue weighted by Crippen LogP contribution is 2.39. The molecular formula is C23H28ClNO3S. The number of carbonyl (C=O) groups excluding carboxylic acids is 2. The number of nitrogens with zero attached hydrogens (tertiary/aromatic N) is 1. The number of hydrogen-bond donors (Lipinski definition) is 0. The largest absolute Gasteiger partial charge is 0.489 e. The van der Waals surface area contributed by atoms with E-state index < -0.39 is 5.92 Å². The van der Waals surface area contributed by atoms with Crippen LogP contribution in [0.4, 0.5) is 0 Å². The van der Waals surface area contributed by atoms with Crippen molar-refractivity contribution in [2.75, 3.05) is 0 Å². The zero-order valence-corrected chi connectivity index (χ0v) is 19.0. The van der Waals surface area contributed by atoms with Crippen LogP contribution in [0.5, 0.6) is 5.75 Å². The van der Waals surface area contributed by atoms with E-state index in [1.165, 1.54) is 11.3 Å². The third-order valence-corrected chi connectivity index (χ3v) is 6.98. The number of aryl methyl sites for hydroxylation is 1. The van der Waals surface area contributed by atoms with Crippen LogP contribution < -0.4 is 4.74 Å². The molecule has 1 aromatic carbocycles. The summed E-state index contributed by atoms with van der Waals surface area (Å²) in [5.41, 5.74) is 1.48. The smallest absolute Gasteiger partial charge is 0.152 e. The molecule has 1 aliphatic carbocycles. The second-order valence-corrected chi connectivity index (χ2v) is 9.61. The van der Waals surface area contributed by atoms with Gasteiger partial charge in [-0.15, -0.1) is 11.3 Å². The summed E-state index contributed by atoms with van der Waals surface area (Å²) in [7, 11) is 0. The summed E-state index contributed by atoms with van der Waals surface area (Å²) in [6, 6.07) is 5.59. The summed E-state index contributed by atoms with van der Waals surface area (Å²) < 4.78 is 5.70. The fourth-order valence-corrected chi connectivity index (χ4v) is 5.22. The molecule has 156 valence electrons. The van der Waals surface area contributed by atoms with Crippen molar-refractivity contribution in [2.45, 2.75) is 65.4 Å². The number of ketones is 1. The number of aromatic nitrogens is 1. The zero-order chi connectivity index (χ0) is 21.1. The van der Waals surface area contributed by atoms with E-state index in [0.717, 1.165) is 47.4 Å². The van der Waals surface area contributed by atoms with Crippen molar-refractivity contribution in [3.05, 3.63) is 33.8 Å². The van der Waals surface area contributed by atoms with E-state index in [-0.39, 0.29) is 17.8 Å². The molecule has 1 heterocycles. The van der Waals surface area contributed by atoms with Crippen molar-refractivity contribution in [2.24, 2.45) is 11.8 Å². The van der Waals surface area contributed by atoms with Gasteiger partial charge in [-0.25, -0.2) is 4.98 Å². The van der Waals surface area contributed by atoms with Gasteiger partial charge in [-0.05, 0) is 63.6 Å². The maximum absolute atomic E-state index is 13.0. The van der Waals surface area contributed by atoms with Gasteiger partial charge in [0, 0.05) is 16.4 Å². The summed E-state index contributed by atoms with van der Waals surface area (Å²) in [6.45, 7) is 8.09. The Morgan fingerprint density at radius 1 is 1.38 bits per heavy atom. The third-order valence-electron chi connectivity index (χ3n) is 5.42. The molecule has 0 N–H and O–H groups in total. The Bertz CT molecular complexity index is 892. The summed E-state index contributed by atoms with van der Waals surface area (Å²) in [5, 5.41) is 1.29. The number of hydrogen-bond acceptors (Lipinski definition) is 5. The molecule has 6 heteroatoms. The molecule has 1 fully saturated rings. The van der Waals surface area contributed by atoms with Gasteiger partial charge in [0.1, 0.15) is 23.0 Å². The fraction of sp³-hybridized carbons (Fsp3) is 0.522. The van der Waals surface area contributed by atoms with E-state index in [4.69, 9.17) is 21.3 Å². The third kappa shape index (κ3) is 4.89. The first-order valence-electron chi connectivity index (χ1n) is 10.3. The number of thiazole rings is 1. The maximum atomic E-state index is 13.0. The molecule has 0 aliphatic heterocycles. The standard InChI is InChI=1S/C23H28ClNO3S/c1-5-20-21(17(12-26)22(27)15-7-6-14(4)10-15)25-23(29-20)16-8-9-19(18(24)11-16)28-13(2)3/h8-9,11-15,17H,5-7,10H2,1-4H3/t14-,15-,17?/m1/s1. The van der Waals surface area contributed by atoms with Gasteiger partial charge >= 0.3 is 0 Å². The molecule has 0 bridgehead atoms. The predicted molar refractivity (Wildman–Crippen MR) is 118 cm³/mol. The second kappa shape index (κ2) is 9.40. The van der Waals surface area contributed by atoms with E-state index in [0.29, 0.717) is 22.4 Å². The Labute approximate surface area is 181 Å². The highest BCUT2D eigenvalue weighted by Gasteiger charge is 2.35. The summed E-state index contributed by atoms with van der Waals surface area (Å²) in [5.74, 6) is 0.395. The number of ether oxygens (including phenoxy) is 1. The van der Waals surface area contributed by atoms with Gasteiger partial charge in [-0.1, -0.05) is 25.4 Å². The van der Waals surface area contributed by atoms with E-state index in [2.05, 4.69) is 6.92 Å². The lowest BCUT2D eigenvalue weighted by atomic mass is 9.89. The first-order chi connectivity index (χ1) is 13.8. The van der Waals surface area contributed by atoms with Crippen LogP contribution in [0.1, 0.15) is 63.4 Å². The summed E-state index contributed by atoms with van der Waals surface area (Å²) >= 11 is 7.91. The lowest BCUT2D eigenvalue weighted by molar-refractivity contribution is -0.127. The van der Waals surface area contributed by atoms with Crippen molar-refractivity contribution in [3.8, 4) is 16.3 Å². The monoisotopic (exact) mass is 433 g/mol. The molecule has 29 heavy (non-hydrogen) atoms. The second-order valence-electron chi connectivity index (χ2n) is 8.12. The predicted octanol–water partition coefficient (Wildman–Crippen LogP) is 6.10. The van der Waals surface area contributed by atoms with Crippen molar-refractivity contribution in [1.82, 2.24) is 4.98 Å². The first-order valence-corrected chi connectivity index (χ1v) is 11.5. The number of benzene rings is 1. The van der Waals surface area contributed by atoms with E-state index >= 15 is 0 Å². The highest BCUT2D eigenvalue weighted by molar-refractivity contribution is 7.15. The molecule has 3 atom stereocenters. The van der Waals surface area contributed by atoms with Gasteiger partial charge < -0.3 is 9.53 Å². The number of carbonyl (C=O) groups is 2. The first kappa shape index (κ1) is 22.0. The van der Waals surface area contributed by atoms with Crippen LogP contribution in [-0.4, -0.2) is 23.2 Å². The maximum Gasteiger partial charge on any atom is 0.152 e. The normalized spacial score (nSPS) is 20.1. The number of Topliss-reactive ketones (excluding diaryl/α,β-unsaturated/α-hetero) is 1. The molecule has 1 saturated carbocycles. The van der Waals surface area contributed by atoms with Crippen molar-refractivity contribution in [1.29, 1.82) is 0 Å². The number of aldehydes is 1. The molecule has 2 aromatic rings. The SMILES string of the molecule is CCc1sc(-c2ccc(OC(C)C)c(Cl)c2)nc1C(C=O)C(=O)[C@@H]1CC[C@@H](C)C1. The summed E-state index contributed by atoms with van der Waals surface area (Å²) in [6.07, 6.45) is 4.33. The molecule has 1 aliphatic rings. The summed E-state index contributed by atoms with van der Waals surface area (Å²) in [4.78, 5) is 30.7. The average Bonchev–Trinajstić information content (AvgIpc) is 3.30. The molecule has 0 amide bonds. The minimum atomic E-state index is -0.774. The van der Waals surface area contributed by atoms with Crippen LogP contribution in [0, 0.1) is 11.8 Å². The minimum Gasteiger partial charge on any atom is -0.489 e. The van der Waals surface area contributed by atoms with E-state index in [1.54, 1.807) is 0 Å². The Morgan fingerprint density at radius 3 is 2.69 bits per heavy atom. The number of rotatable bonds is 8. The number of halogens is 1. The lowest BCUT2D eigenvalue weighted by Gasteiger charge is -2.14. The molecule has 3 rings (SSSR count). The van der Waals surface area contributed by atoms with Gasteiger partial charge in [-0.2, -0.15) is 0 Å². The molecule has 1 unspecified atom stereocenters. The quantitative estimate of drug-likeness (QED) is 0.372. The van der Waals surface area contributed by atoms with Gasteiger partial charge in [0.2, 0.25) is 0 Å². The highest BCUT2D eigenvalue weighted by atomic mass is 35.5. The van der Waals surface area contributed by atoms with Gasteiger partial charge in [-0.3, -0.25) is 4.79 Å². The molecule has 0 spiro atoms. The molecule has 1 aromatic heterocycles. The van der Waals surface area contributed by atoms with Gasteiger partial charge in [0.15, 0.2) is 5.78 Å². The molecule has 4 nitrogen and oxygen atoms in total. The van der Waals surface area contributed by atoms with Crippen molar-refractivity contribution < 1.29 is 14.3 Å². The van der Waals surface area contributed by atoms with Crippen LogP contribution in [0.3, 0.4) is 0 Å². The Balaban J connectivity index is 1.91. The molecule has 0 radical (unpaired) electrons. The zero-order valence-electron chi connectivity index (χ0n) is 17.4. The topological polar surface area (TPSA) is 56.3 Å². The molecule has 0 saturated heterocycles. The average molecular weight is 434 g/mol. The van der Waals surface area contributed by atoms with Crippen LogP contribution in [-0.2, 0) is 16.0 Å². The van der Waals surface area contributed by atoms with Gasteiger partial charge in [0.05, 0.1) is 16.8 Å². The Hall–Kier alpha value is -1.72. The Kier molecular flexibility index (Phi) is 7.12. The molecular weight excluding hydrogens is 406 g/mol. The minimum absolute atomic E-state index is 0.0228. The van der Waals surface area contributed by atoms with Crippen molar-refractivity contribution >= 4 is 35.0 Å². The fourth-order valence-electron chi connectivity index (χ4n) is 3.95. The van der Waals surface area contributed by atoms with Crippen molar-refractivity contribution in [3.63, 3.8) is 0 Å². The van der Waals surface area contributed by atoms with Crippen LogP contribution >= 0.6 is 22.9 Å².